The number of carbonyl (C=O) groups excluding carboxylic acids is 2. The molecule has 0 unspecified atom stereocenters. The number of anilines is 1. The standard InChI is InChI=1S/C25H27ClN4O4/c1-3-30-23(25(32)29-10-12-33-13-11-29)21(15-27-30)28-24(31)19-7-5-18(6-8-19)16-34-22-14-17(2)4-9-20(22)26/h4-9,14-15H,3,10-13,16H2,1-2H3,(H,28,31). The van der Waals surface area contributed by atoms with Gasteiger partial charge in [-0.15, -0.1) is 0 Å². The Labute approximate surface area is 203 Å². The number of amides is 2. The predicted octanol–water partition coefficient (Wildman–Crippen LogP) is 4.17. The van der Waals surface area contributed by atoms with Crippen LogP contribution >= 0.6 is 11.6 Å². The lowest BCUT2D eigenvalue weighted by Crippen LogP contribution is -2.41. The number of rotatable bonds is 7. The van der Waals surface area contributed by atoms with Crippen molar-refractivity contribution in [3.8, 4) is 5.75 Å². The van der Waals surface area contributed by atoms with Crippen molar-refractivity contribution in [2.75, 3.05) is 31.6 Å². The summed E-state index contributed by atoms with van der Waals surface area (Å²) in [5, 5.41) is 7.67. The molecule has 4 rings (SSSR count). The maximum Gasteiger partial charge on any atom is 0.274 e. The maximum atomic E-state index is 13.1. The average molecular weight is 483 g/mol. The fourth-order valence-corrected chi connectivity index (χ4v) is 3.86. The van der Waals surface area contributed by atoms with E-state index < -0.39 is 0 Å². The monoisotopic (exact) mass is 482 g/mol. The van der Waals surface area contributed by atoms with E-state index in [2.05, 4.69) is 10.4 Å². The van der Waals surface area contributed by atoms with E-state index in [1.807, 2.05) is 38.1 Å². The van der Waals surface area contributed by atoms with Crippen molar-refractivity contribution in [2.45, 2.75) is 27.0 Å². The van der Waals surface area contributed by atoms with Crippen molar-refractivity contribution in [1.82, 2.24) is 14.7 Å². The second-order valence-corrected chi connectivity index (χ2v) is 8.41. The fourth-order valence-electron chi connectivity index (χ4n) is 3.69. The van der Waals surface area contributed by atoms with Crippen molar-refractivity contribution in [1.29, 1.82) is 0 Å². The number of nitrogens with one attached hydrogen (secondary N) is 1. The molecule has 1 aliphatic rings. The molecule has 0 atom stereocenters. The number of carbonyl (C=O) groups is 2. The Kier molecular flexibility index (Phi) is 7.49. The highest BCUT2D eigenvalue weighted by Crippen LogP contribution is 2.26. The fraction of sp³-hybridized carbons (Fsp3) is 0.320. The quantitative estimate of drug-likeness (QED) is 0.546. The molecule has 1 aromatic heterocycles. The molecular weight excluding hydrogens is 456 g/mol. The van der Waals surface area contributed by atoms with Gasteiger partial charge in [0.15, 0.2) is 0 Å². The lowest BCUT2D eigenvalue weighted by molar-refractivity contribution is 0.0295. The van der Waals surface area contributed by atoms with Gasteiger partial charge in [-0.05, 0) is 49.2 Å². The van der Waals surface area contributed by atoms with E-state index in [9.17, 15) is 9.59 Å². The molecule has 8 nitrogen and oxygen atoms in total. The van der Waals surface area contributed by atoms with Crippen molar-refractivity contribution in [2.24, 2.45) is 0 Å². The van der Waals surface area contributed by atoms with Gasteiger partial charge >= 0.3 is 0 Å². The normalized spacial score (nSPS) is 13.6. The molecule has 9 heteroatoms. The molecule has 0 aliphatic carbocycles. The van der Waals surface area contributed by atoms with E-state index in [1.165, 1.54) is 6.20 Å². The number of ether oxygens (including phenoxy) is 2. The molecule has 3 aromatic rings. The summed E-state index contributed by atoms with van der Waals surface area (Å²) in [6, 6.07) is 12.7. The van der Waals surface area contributed by atoms with Crippen LogP contribution in [0.5, 0.6) is 5.75 Å². The minimum Gasteiger partial charge on any atom is -0.487 e. The molecule has 2 heterocycles. The molecule has 1 fully saturated rings. The molecule has 0 spiro atoms. The van der Waals surface area contributed by atoms with Gasteiger partial charge in [0.1, 0.15) is 18.1 Å². The first-order valence-electron chi connectivity index (χ1n) is 11.2. The molecule has 1 N–H and O–H groups in total. The van der Waals surface area contributed by atoms with E-state index in [1.54, 1.807) is 27.8 Å². The molecule has 1 aliphatic heterocycles. The molecule has 1 saturated heterocycles. The second-order valence-electron chi connectivity index (χ2n) is 8.00. The summed E-state index contributed by atoms with van der Waals surface area (Å²) in [5.41, 5.74) is 3.19. The number of hydrogen-bond donors (Lipinski definition) is 1. The summed E-state index contributed by atoms with van der Waals surface area (Å²) in [7, 11) is 0. The highest BCUT2D eigenvalue weighted by atomic mass is 35.5. The largest absolute Gasteiger partial charge is 0.487 e. The molecule has 0 saturated carbocycles. The maximum absolute atomic E-state index is 13.1. The summed E-state index contributed by atoms with van der Waals surface area (Å²) in [6.07, 6.45) is 1.52. The highest BCUT2D eigenvalue weighted by molar-refractivity contribution is 6.32. The Hall–Kier alpha value is -3.36. The molecule has 178 valence electrons. The lowest BCUT2D eigenvalue weighted by atomic mass is 10.1. The molecule has 0 bridgehead atoms. The summed E-state index contributed by atoms with van der Waals surface area (Å²) >= 11 is 6.19. The van der Waals surface area contributed by atoms with Gasteiger partial charge in [0.25, 0.3) is 11.8 Å². The van der Waals surface area contributed by atoms with E-state index in [4.69, 9.17) is 21.1 Å². The number of aromatic nitrogens is 2. The number of nitrogens with zero attached hydrogens (tertiary/aromatic N) is 3. The van der Waals surface area contributed by atoms with Crippen LogP contribution in [0.15, 0.2) is 48.7 Å². The van der Waals surface area contributed by atoms with E-state index in [-0.39, 0.29) is 11.8 Å². The van der Waals surface area contributed by atoms with Crippen molar-refractivity contribution < 1.29 is 19.1 Å². The summed E-state index contributed by atoms with van der Waals surface area (Å²) in [5.74, 6) is 0.134. The first-order valence-corrected chi connectivity index (χ1v) is 11.6. The van der Waals surface area contributed by atoms with Gasteiger partial charge in [-0.1, -0.05) is 29.8 Å². The number of halogens is 1. The number of hydrogen-bond acceptors (Lipinski definition) is 5. The molecule has 2 aromatic carbocycles. The Balaban J connectivity index is 1.43. The zero-order valence-corrected chi connectivity index (χ0v) is 20.0. The number of morpholine rings is 1. The Morgan fingerprint density at radius 3 is 2.59 bits per heavy atom. The van der Waals surface area contributed by atoms with Gasteiger partial charge < -0.3 is 19.7 Å². The smallest absolute Gasteiger partial charge is 0.274 e. The molecule has 2 amide bonds. The van der Waals surface area contributed by atoms with Gasteiger partial charge in [-0.3, -0.25) is 14.3 Å². The third kappa shape index (κ3) is 5.40. The molecular formula is C25H27ClN4O4. The van der Waals surface area contributed by atoms with Gasteiger partial charge in [-0.25, -0.2) is 0 Å². The summed E-state index contributed by atoms with van der Waals surface area (Å²) in [6.45, 7) is 6.74. The second kappa shape index (κ2) is 10.7. The third-order valence-corrected chi connectivity index (χ3v) is 5.90. The van der Waals surface area contributed by atoms with Crippen molar-refractivity contribution in [3.63, 3.8) is 0 Å². The first kappa shape index (κ1) is 23.8. The lowest BCUT2D eigenvalue weighted by Gasteiger charge is -2.27. The topological polar surface area (TPSA) is 85.7 Å². The van der Waals surface area contributed by atoms with Crippen molar-refractivity contribution >= 4 is 29.1 Å². The van der Waals surface area contributed by atoms with E-state index in [0.717, 1.165) is 11.1 Å². The zero-order valence-electron chi connectivity index (χ0n) is 19.2. The van der Waals surface area contributed by atoms with Gasteiger partial charge in [0, 0.05) is 25.2 Å². The van der Waals surface area contributed by atoms with Crippen LogP contribution in [0.4, 0.5) is 5.69 Å². The molecule has 0 radical (unpaired) electrons. The van der Waals surface area contributed by atoms with E-state index >= 15 is 0 Å². The molecule has 34 heavy (non-hydrogen) atoms. The van der Waals surface area contributed by atoms with Crippen LogP contribution in [0.3, 0.4) is 0 Å². The highest BCUT2D eigenvalue weighted by Gasteiger charge is 2.26. The van der Waals surface area contributed by atoms with Crippen molar-refractivity contribution in [3.05, 3.63) is 76.1 Å². The third-order valence-electron chi connectivity index (χ3n) is 5.59. The minimum absolute atomic E-state index is 0.166. The van der Waals surface area contributed by atoms with Crippen LogP contribution < -0.4 is 10.1 Å². The van der Waals surface area contributed by atoms with Gasteiger partial charge in [0.2, 0.25) is 0 Å². The van der Waals surface area contributed by atoms with Crippen LogP contribution in [0.25, 0.3) is 0 Å². The average Bonchev–Trinajstić information content (AvgIpc) is 3.27. The van der Waals surface area contributed by atoms with Crippen LogP contribution in [0.2, 0.25) is 5.02 Å². The Bertz CT molecular complexity index is 1170. The van der Waals surface area contributed by atoms with Crippen LogP contribution in [0.1, 0.15) is 38.9 Å². The number of benzene rings is 2. The summed E-state index contributed by atoms with van der Waals surface area (Å²) in [4.78, 5) is 27.7. The minimum atomic E-state index is -0.319. The zero-order chi connectivity index (χ0) is 24.1. The van der Waals surface area contributed by atoms with Gasteiger partial charge in [0.05, 0.1) is 30.1 Å². The Morgan fingerprint density at radius 1 is 1.15 bits per heavy atom. The SMILES string of the molecule is CCn1ncc(NC(=O)c2ccc(COc3cc(C)ccc3Cl)cc2)c1C(=O)N1CCOCC1. The Morgan fingerprint density at radius 2 is 1.88 bits per heavy atom. The number of aryl methyl sites for hydroxylation is 2. The van der Waals surface area contributed by atoms with Gasteiger partial charge in [-0.2, -0.15) is 5.10 Å². The summed E-state index contributed by atoms with van der Waals surface area (Å²) < 4.78 is 12.8. The van der Waals surface area contributed by atoms with E-state index in [0.29, 0.717) is 67.2 Å². The van der Waals surface area contributed by atoms with Crippen LogP contribution in [-0.2, 0) is 17.9 Å². The predicted molar refractivity (Wildman–Crippen MR) is 130 cm³/mol. The first-order chi connectivity index (χ1) is 16.5. The van der Waals surface area contributed by atoms with Crippen LogP contribution in [0, 0.1) is 6.92 Å². The van der Waals surface area contributed by atoms with Crippen LogP contribution in [-0.4, -0.2) is 52.8 Å².